The van der Waals surface area contributed by atoms with Gasteiger partial charge in [-0.3, -0.25) is 4.90 Å². The minimum absolute atomic E-state index is 0.903. The van der Waals surface area contributed by atoms with E-state index in [9.17, 15) is 0 Å². The number of piperazine rings is 1. The van der Waals surface area contributed by atoms with E-state index in [4.69, 9.17) is 0 Å². The second-order valence-electron chi connectivity index (χ2n) is 6.41. The minimum Gasteiger partial charge on any atom is -0.300 e. The average molecular weight is 272 g/mol. The van der Waals surface area contributed by atoms with Crippen LogP contribution in [0.1, 0.15) is 37.7 Å². The molecule has 0 N–H and O–H groups in total. The molecular weight excluding hydrogens is 244 g/mol. The molecule has 2 aliphatic rings. The molecule has 0 spiro atoms. The van der Waals surface area contributed by atoms with Crippen LogP contribution in [0, 0.1) is 0 Å². The Morgan fingerprint density at radius 3 is 2.25 bits per heavy atom. The Bertz CT molecular complexity index is 376. The first-order valence-corrected chi connectivity index (χ1v) is 8.42. The summed E-state index contributed by atoms with van der Waals surface area (Å²) in [5.74, 6) is 0. The first kappa shape index (κ1) is 14.1. The molecule has 110 valence electrons. The highest BCUT2D eigenvalue weighted by Crippen LogP contribution is 2.23. The highest BCUT2D eigenvalue weighted by Gasteiger charge is 2.24. The van der Waals surface area contributed by atoms with Gasteiger partial charge < -0.3 is 4.90 Å². The Labute approximate surface area is 123 Å². The van der Waals surface area contributed by atoms with Gasteiger partial charge in [-0.05, 0) is 24.8 Å². The van der Waals surface area contributed by atoms with Gasteiger partial charge in [0.05, 0.1) is 0 Å². The molecule has 1 saturated carbocycles. The van der Waals surface area contributed by atoms with E-state index >= 15 is 0 Å². The van der Waals surface area contributed by atoms with Crippen molar-refractivity contribution >= 4 is 0 Å². The average Bonchev–Trinajstić information content (AvgIpc) is 2.55. The second-order valence-corrected chi connectivity index (χ2v) is 6.41. The molecule has 1 aliphatic heterocycles. The number of hydrogen-bond acceptors (Lipinski definition) is 2. The number of rotatable bonds is 4. The van der Waals surface area contributed by atoms with Crippen molar-refractivity contribution in [3.8, 4) is 0 Å². The zero-order valence-corrected chi connectivity index (χ0v) is 12.6. The molecule has 0 unspecified atom stereocenters. The van der Waals surface area contributed by atoms with E-state index in [0.717, 1.165) is 6.04 Å². The molecule has 1 aromatic carbocycles. The summed E-state index contributed by atoms with van der Waals surface area (Å²) in [6.07, 6.45) is 8.48. The van der Waals surface area contributed by atoms with Gasteiger partial charge in [-0.2, -0.15) is 0 Å². The summed E-state index contributed by atoms with van der Waals surface area (Å²) in [7, 11) is 0. The normalized spacial score (nSPS) is 23.0. The van der Waals surface area contributed by atoms with E-state index in [-0.39, 0.29) is 0 Å². The number of benzene rings is 1. The maximum absolute atomic E-state index is 2.76. The van der Waals surface area contributed by atoms with E-state index in [0.29, 0.717) is 0 Å². The first-order valence-electron chi connectivity index (χ1n) is 8.42. The fourth-order valence-electron chi connectivity index (χ4n) is 3.73. The molecule has 0 atom stereocenters. The zero-order chi connectivity index (χ0) is 13.6. The Morgan fingerprint density at radius 2 is 1.55 bits per heavy atom. The van der Waals surface area contributed by atoms with Gasteiger partial charge in [0, 0.05) is 38.8 Å². The van der Waals surface area contributed by atoms with Crippen molar-refractivity contribution in [1.82, 2.24) is 9.80 Å². The summed E-state index contributed by atoms with van der Waals surface area (Å²) in [5.41, 5.74) is 1.47. The zero-order valence-electron chi connectivity index (χ0n) is 12.6. The lowest BCUT2D eigenvalue weighted by Gasteiger charge is -2.40. The molecule has 1 heterocycles. The Balaban J connectivity index is 1.40. The third kappa shape index (κ3) is 3.83. The third-order valence-corrected chi connectivity index (χ3v) is 5.06. The lowest BCUT2D eigenvalue weighted by atomic mass is 9.94. The van der Waals surface area contributed by atoms with Crippen molar-refractivity contribution < 1.29 is 0 Å². The van der Waals surface area contributed by atoms with E-state index < -0.39 is 0 Å². The second kappa shape index (κ2) is 7.24. The Morgan fingerprint density at radius 1 is 0.850 bits per heavy atom. The Kier molecular flexibility index (Phi) is 5.10. The molecule has 0 bridgehead atoms. The molecule has 2 fully saturated rings. The van der Waals surface area contributed by atoms with Gasteiger partial charge in [-0.1, -0.05) is 49.6 Å². The molecule has 1 aliphatic carbocycles. The summed E-state index contributed by atoms with van der Waals surface area (Å²) in [5, 5.41) is 0. The van der Waals surface area contributed by atoms with Crippen molar-refractivity contribution in [2.24, 2.45) is 0 Å². The molecular formula is C18H28N2. The minimum atomic E-state index is 0.903. The predicted octanol–water partition coefficient (Wildman–Crippen LogP) is 3.18. The topological polar surface area (TPSA) is 6.48 Å². The van der Waals surface area contributed by atoms with Gasteiger partial charge >= 0.3 is 0 Å². The molecule has 2 heteroatoms. The maximum atomic E-state index is 2.76. The molecule has 1 aromatic rings. The molecule has 1 saturated heterocycles. The van der Waals surface area contributed by atoms with Gasteiger partial charge in [0.15, 0.2) is 0 Å². The largest absolute Gasteiger partial charge is 0.300 e. The lowest BCUT2D eigenvalue weighted by Crippen LogP contribution is -2.51. The van der Waals surface area contributed by atoms with Crippen molar-refractivity contribution in [2.75, 3.05) is 32.7 Å². The highest BCUT2D eigenvalue weighted by molar-refractivity contribution is 5.14. The predicted molar refractivity (Wildman–Crippen MR) is 85.0 cm³/mol. The fourth-order valence-corrected chi connectivity index (χ4v) is 3.73. The fraction of sp³-hybridized carbons (Fsp3) is 0.667. The van der Waals surface area contributed by atoms with Crippen LogP contribution in [0.3, 0.4) is 0 Å². The van der Waals surface area contributed by atoms with E-state index in [1.165, 1.54) is 76.8 Å². The van der Waals surface area contributed by atoms with Crippen LogP contribution in [0.4, 0.5) is 0 Å². The van der Waals surface area contributed by atoms with Gasteiger partial charge in [-0.25, -0.2) is 0 Å². The Hall–Kier alpha value is -0.860. The van der Waals surface area contributed by atoms with Gasteiger partial charge in [-0.15, -0.1) is 0 Å². The standard InChI is InChI=1S/C18H28N2/c1-3-7-17(8-4-1)11-12-19-13-15-20(16-14-19)18-9-5-2-6-10-18/h1,3-4,7-8,18H,2,5-6,9-16H2. The summed E-state index contributed by atoms with van der Waals surface area (Å²) < 4.78 is 0. The van der Waals surface area contributed by atoms with Crippen LogP contribution in [-0.2, 0) is 6.42 Å². The quantitative estimate of drug-likeness (QED) is 0.830. The van der Waals surface area contributed by atoms with Crippen molar-refractivity contribution in [2.45, 2.75) is 44.6 Å². The van der Waals surface area contributed by atoms with Gasteiger partial charge in [0.1, 0.15) is 0 Å². The van der Waals surface area contributed by atoms with Crippen LogP contribution in [-0.4, -0.2) is 48.6 Å². The molecule has 3 rings (SSSR count). The molecule has 20 heavy (non-hydrogen) atoms. The SMILES string of the molecule is c1ccc(CCN2CCN(C3CCCCC3)CC2)cc1. The van der Waals surface area contributed by atoms with Crippen LogP contribution < -0.4 is 0 Å². The van der Waals surface area contributed by atoms with E-state index in [1.807, 2.05) is 0 Å². The summed E-state index contributed by atoms with van der Waals surface area (Å²) in [4.78, 5) is 5.41. The maximum Gasteiger partial charge on any atom is 0.0113 e. The molecule has 0 radical (unpaired) electrons. The smallest absolute Gasteiger partial charge is 0.0113 e. The van der Waals surface area contributed by atoms with Crippen LogP contribution in [0.25, 0.3) is 0 Å². The third-order valence-electron chi connectivity index (χ3n) is 5.06. The van der Waals surface area contributed by atoms with E-state index in [2.05, 4.69) is 40.1 Å². The van der Waals surface area contributed by atoms with Crippen molar-refractivity contribution in [3.05, 3.63) is 35.9 Å². The molecule has 2 nitrogen and oxygen atoms in total. The number of hydrogen-bond donors (Lipinski definition) is 0. The van der Waals surface area contributed by atoms with E-state index in [1.54, 1.807) is 0 Å². The van der Waals surface area contributed by atoms with Crippen molar-refractivity contribution in [1.29, 1.82) is 0 Å². The van der Waals surface area contributed by atoms with Crippen molar-refractivity contribution in [3.63, 3.8) is 0 Å². The molecule has 0 amide bonds. The lowest BCUT2D eigenvalue weighted by molar-refractivity contribution is 0.0796. The van der Waals surface area contributed by atoms with Gasteiger partial charge in [0.25, 0.3) is 0 Å². The monoisotopic (exact) mass is 272 g/mol. The van der Waals surface area contributed by atoms with Crippen LogP contribution in [0.2, 0.25) is 0 Å². The molecule has 0 aromatic heterocycles. The number of nitrogens with zero attached hydrogens (tertiary/aromatic N) is 2. The summed E-state index contributed by atoms with van der Waals surface area (Å²) in [6, 6.07) is 11.8. The first-order chi connectivity index (χ1) is 9.92. The van der Waals surface area contributed by atoms with Crippen LogP contribution >= 0.6 is 0 Å². The van der Waals surface area contributed by atoms with Crippen LogP contribution in [0.5, 0.6) is 0 Å². The summed E-state index contributed by atoms with van der Waals surface area (Å²) in [6.45, 7) is 6.34. The van der Waals surface area contributed by atoms with Crippen LogP contribution in [0.15, 0.2) is 30.3 Å². The summed E-state index contributed by atoms with van der Waals surface area (Å²) >= 11 is 0. The van der Waals surface area contributed by atoms with Gasteiger partial charge in [0.2, 0.25) is 0 Å². The highest BCUT2D eigenvalue weighted by atomic mass is 15.3.